The molecular weight excluding hydrogens is 464 g/mol. The van der Waals surface area contributed by atoms with E-state index < -0.39 is 5.82 Å². The van der Waals surface area contributed by atoms with Crippen molar-refractivity contribution < 1.29 is 18.7 Å². The molecule has 2 N–H and O–H groups in total. The molecule has 2 aromatic heterocycles. The molecule has 1 aliphatic heterocycles. The lowest BCUT2D eigenvalue weighted by Crippen LogP contribution is -2.40. The fraction of sp³-hybridized carbons (Fsp3) is 0.263. The first kappa shape index (κ1) is 18.2. The summed E-state index contributed by atoms with van der Waals surface area (Å²) in [5.41, 5.74) is 1.15. The molecule has 1 fully saturated rings. The zero-order valence-electron chi connectivity index (χ0n) is 14.3. The standard InChI is InChI=1S/C19H17FIN3O3/c20-14-9-11(21)1-2-15(14)23-17-13-10-22-6-3-16(13)27-18(17)19(26)24-7-4-12(25)5-8-24/h1-3,6,9-10,12,23,25H,4-5,7-8H2. The number of aliphatic hydroxyl groups excluding tert-OH is 1. The summed E-state index contributed by atoms with van der Waals surface area (Å²) in [5.74, 6) is -0.585. The van der Waals surface area contributed by atoms with Crippen molar-refractivity contribution in [2.75, 3.05) is 18.4 Å². The van der Waals surface area contributed by atoms with Crippen LogP contribution in [-0.2, 0) is 0 Å². The van der Waals surface area contributed by atoms with E-state index in [1.165, 1.54) is 6.07 Å². The monoisotopic (exact) mass is 481 g/mol. The first-order valence-corrected chi connectivity index (χ1v) is 9.66. The molecule has 3 aromatic rings. The number of anilines is 2. The van der Waals surface area contributed by atoms with E-state index >= 15 is 0 Å². The molecule has 0 unspecified atom stereocenters. The van der Waals surface area contributed by atoms with Crippen LogP contribution in [0.3, 0.4) is 0 Å². The Labute approximate surface area is 168 Å². The zero-order chi connectivity index (χ0) is 19.0. The second kappa shape index (κ2) is 7.43. The third-order valence-electron chi connectivity index (χ3n) is 4.63. The predicted molar refractivity (Wildman–Crippen MR) is 108 cm³/mol. The minimum atomic E-state index is -0.417. The van der Waals surface area contributed by atoms with Crippen LogP contribution < -0.4 is 5.32 Å². The number of nitrogens with one attached hydrogen (secondary N) is 1. The maximum Gasteiger partial charge on any atom is 0.291 e. The minimum absolute atomic E-state index is 0.118. The second-order valence-corrected chi connectivity index (χ2v) is 7.70. The summed E-state index contributed by atoms with van der Waals surface area (Å²) >= 11 is 2.04. The van der Waals surface area contributed by atoms with Gasteiger partial charge in [-0.3, -0.25) is 9.78 Å². The number of hydrogen-bond donors (Lipinski definition) is 2. The Balaban J connectivity index is 1.74. The van der Waals surface area contributed by atoms with Gasteiger partial charge in [0.05, 0.1) is 17.2 Å². The van der Waals surface area contributed by atoms with Crippen LogP contribution in [0, 0.1) is 9.39 Å². The Morgan fingerprint density at radius 3 is 2.85 bits per heavy atom. The van der Waals surface area contributed by atoms with Gasteiger partial charge in [0.25, 0.3) is 5.91 Å². The quantitative estimate of drug-likeness (QED) is 0.555. The van der Waals surface area contributed by atoms with Gasteiger partial charge in [0.1, 0.15) is 17.1 Å². The van der Waals surface area contributed by atoms with E-state index in [2.05, 4.69) is 10.3 Å². The number of pyridine rings is 1. The fourth-order valence-corrected chi connectivity index (χ4v) is 3.61. The third kappa shape index (κ3) is 3.63. The van der Waals surface area contributed by atoms with Gasteiger partial charge >= 0.3 is 0 Å². The number of likely N-dealkylation sites (tertiary alicyclic amines) is 1. The van der Waals surface area contributed by atoms with Crippen LogP contribution in [0.25, 0.3) is 11.0 Å². The van der Waals surface area contributed by atoms with Crippen molar-refractivity contribution in [3.63, 3.8) is 0 Å². The van der Waals surface area contributed by atoms with Crippen molar-refractivity contribution >= 4 is 50.8 Å². The van der Waals surface area contributed by atoms with Gasteiger partial charge in [0.15, 0.2) is 0 Å². The number of benzene rings is 1. The number of aliphatic hydroxyl groups is 1. The molecule has 8 heteroatoms. The average Bonchev–Trinajstić information content (AvgIpc) is 3.02. The third-order valence-corrected chi connectivity index (χ3v) is 5.30. The van der Waals surface area contributed by atoms with Gasteiger partial charge in [-0.25, -0.2) is 4.39 Å². The Kier molecular flexibility index (Phi) is 5.00. The molecule has 1 amide bonds. The molecule has 4 rings (SSSR count). The summed E-state index contributed by atoms with van der Waals surface area (Å²) in [6, 6.07) is 6.48. The van der Waals surface area contributed by atoms with Crippen molar-refractivity contribution in [3.05, 3.63) is 51.8 Å². The lowest BCUT2D eigenvalue weighted by Gasteiger charge is -2.29. The van der Waals surface area contributed by atoms with E-state index in [-0.39, 0.29) is 23.5 Å². The lowest BCUT2D eigenvalue weighted by molar-refractivity contribution is 0.0523. The first-order valence-electron chi connectivity index (χ1n) is 8.59. The molecule has 1 aliphatic rings. The molecule has 0 spiro atoms. The predicted octanol–water partition coefficient (Wildman–Crippen LogP) is 3.91. The van der Waals surface area contributed by atoms with Crippen LogP contribution in [0.2, 0.25) is 0 Å². The highest BCUT2D eigenvalue weighted by molar-refractivity contribution is 14.1. The van der Waals surface area contributed by atoms with E-state index in [0.29, 0.717) is 42.6 Å². The fourth-order valence-electron chi connectivity index (χ4n) is 3.15. The highest BCUT2D eigenvalue weighted by atomic mass is 127. The number of halogens is 2. The van der Waals surface area contributed by atoms with Gasteiger partial charge in [-0.2, -0.15) is 0 Å². The smallest absolute Gasteiger partial charge is 0.291 e. The number of rotatable bonds is 3. The van der Waals surface area contributed by atoms with Crippen LogP contribution in [0.5, 0.6) is 0 Å². The van der Waals surface area contributed by atoms with Crippen LogP contribution in [0.1, 0.15) is 23.4 Å². The Morgan fingerprint density at radius 2 is 2.11 bits per heavy atom. The van der Waals surface area contributed by atoms with Crippen LogP contribution in [0.4, 0.5) is 15.8 Å². The summed E-state index contributed by atoms with van der Waals surface area (Å²) in [6.07, 6.45) is 3.84. The number of hydrogen-bond acceptors (Lipinski definition) is 5. The van der Waals surface area contributed by atoms with Crippen LogP contribution in [-0.4, -0.2) is 40.1 Å². The topological polar surface area (TPSA) is 78.6 Å². The number of aromatic nitrogens is 1. The van der Waals surface area contributed by atoms with Gasteiger partial charge in [0.2, 0.25) is 5.76 Å². The Hall–Kier alpha value is -2.20. The maximum atomic E-state index is 14.3. The van der Waals surface area contributed by atoms with Crippen molar-refractivity contribution in [3.8, 4) is 0 Å². The Morgan fingerprint density at radius 1 is 1.33 bits per heavy atom. The van der Waals surface area contributed by atoms with E-state index in [1.54, 1.807) is 35.5 Å². The van der Waals surface area contributed by atoms with Gasteiger partial charge in [-0.1, -0.05) is 0 Å². The SMILES string of the molecule is O=C(c1oc2ccncc2c1Nc1ccc(I)cc1F)N1CCC(O)CC1. The largest absolute Gasteiger partial charge is 0.448 e. The molecule has 0 saturated carbocycles. The molecule has 0 bridgehead atoms. The first-order chi connectivity index (χ1) is 13.0. The van der Waals surface area contributed by atoms with E-state index in [4.69, 9.17) is 4.42 Å². The molecule has 6 nitrogen and oxygen atoms in total. The molecule has 140 valence electrons. The molecule has 0 aliphatic carbocycles. The number of amides is 1. The van der Waals surface area contributed by atoms with E-state index in [0.717, 1.165) is 3.57 Å². The van der Waals surface area contributed by atoms with Gasteiger partial charge in [-0.05, 0) is 59.7 Å². The molecule has 27 heavy (non-hydrogen) atoms. The molecule has 3 heterocycles. The molecule has 0 atom stereocenters. The number of carbonyl (C=O) groups excluding carboxylic acids is 1. The van der Waals surface area contributed by atoms with Gasteiger partial charge in [0, 0.05) is 29.1 Å². The highest BCUT2D eigenvalue weighted by Crippen LogP contribution is 2.35. The van der Waals surface area contributed by atoms with Crippen molar-refractivity contribution in [1.82, 2.24) is 9.88 Å². The summed E-state index contributed by atoms with van der Waals surface area (Å²) in [7, 11) is 0. The van der Waals surface area contributed by atoms with Crippen molar-refractivity contribution in [1.29, 1.82) is 0 Å². The average molecular weight is 481 g/mol. The number of fused-ring (bicyclic) bond motifs is 1. The molecule has 1 aromatic carbocycles. The number of nitrogens with zero attached hydrogens (tertiary/aromatic N) is 2. The maximum absolute atomic E-state index is 14.3. The summed E-state index contributed by atoms with van der Waals surface area (Å²) in [4.78, 5) is 18.8. The summed E-state index contributed by atoms with van der Waals surface area (Å²) in [5, 5.41) is 13.3. The summed E-state index contributed by atoms with van der Waals surface area (Å²) < 4.78 is 20.9. The van der Waals surface area contributed by atoms with Crippen LogP contribution in [0.15, 0.2) is 41.1 Å². The molecular formula is C19H17FIN3O3. The van der Waals surface area contributed by atoms with Crippen molar-refractivity contribution in [2.24, 2.45) is 0 Å². The van der Waals surface area contributed by atoms with Gasteiger partial charge in [-0.15, -0.1) is 0 Å². The lowest BCUT2D eigenvalue weighted by atomic mass is 10.1. The molecule has 0 radical (unpaired) electrons. The summed E-state index contributed by atoms with van der Waals surface area (Å²) in [6.45, 7) is 0.902. The van der Waals surface area contributed by atoms with E-state index in [1.807, 2.05) is 22.6 Å². The number of carbonyl (C=O) groups is 1. The Bertz CT molecular complexity index is 999. The van der Waals surface area contributed by atoms with Crippen molar-refractivity contribution in [2.45, 2.75) is 18.9 Å². The normalized spacial score (nSPS) is 15.3. The molecule has 1 saturated heterocycles. The number of furan rings is 1. The zero-order valence-corrected chi connectivity index (χ0v) is 16.4. The number of piperidine rings is 1. The van der Waals surface area contributed by atoms with E-state index in [9.17, 15) is 14.3 Å². The second-order valence-electron chi connectivity index (χ2n) is 6.45. The van der Waals surface area contributed by atoms with Crippen LogP contribution >= 0.6 is 22.6 Å². The minimum Gasteiger partial charge on any atom is -0.448 e. The highest BCUT2D eigenvalue weighted by Gasteiger charge is 2.28. The van der Waals surface area contributed by atoms with Gasteiger partial charge < -0.3 is 19.7 Å².